The normalized spacial score (nSPS) is 20.2. The van der Waals surface area contributed by atoms with Crippen LogP contribution in [0.5, 0.6) is 0 Å². The van der Waals surface area contributed by atoms with Crippen LogP contribution in [0.15, 0.2) is 36.4 Å². The van der Waals surface area contributed by atoms with Gasteiger partial charge in [0.2, 0.25) is 21.7 Å². The zero-order valence-corrected chi connectivity index (χ0v) is 21.4. The molecule has 1 aliphatic rings. The number of likely N-dealkylation sites (tertiary alicyclic amines) is 1. The minimum absolute atomic E-state index is 0.0836. The molecule has 1 unspecified atom stereocenters. The number of nitrogens with zero attached hydrogens (tertiary/aromatic N) is 2. The molecule has 2 aromatic carbocycles. The lowest BCUT2D eigenvalue weighted by atomic mass is 9.95. The summed E-state index contributed by atoms with van der Waals surface area (Å²) in [6, 6.07) is 2.89. The quantitative estimate of drug-likeness (QED) is 0.494. The monoisotopic (exact) mass is 564 g/mol. The van der Waals surface area contributed by atoms with Gasteiger partial charge in [0.15, 0.2) is 0 Å². The van der Waals surface area contributed by atoms with Gasteiger partial charge in [0, 0.05) is 38.2 Å². The molecule has 2 amide bonds. The zero-order valence-electron chi connectivity index (χ0n) is 20.6. The fraction of sp³-hybridized carbons (Fsp3) is 0.417. The molecule has 1 fully saturated rings. The highest BCUT2D eigenvalue weighted by atomic mass is 32.2. The van der Waals surface area contributed by atoms with Gasteiger partial charge in [-0.15, -0.1) is 0 Å². The average Bonchev–Trinajstić information content (AvgIpc) is 3.18. The molecule has 7 nitrogen and oxygen atoms in total. The highest BCUT2D eigenvalue weighted by Crippen LogP contribution is 2.32. The Morgan fingerprint density at radius 3 is 2.34 bits per heavy atom. The lowest BCUT2D eigenvalue weighted by molar-refractivity contribution is -0.143. The fourth-order valence-electron chi connectivity index (χ4n) is 4.37. The van der Waals surface area contributed by atoms with Gasteiger partial charge in [0.05, 0.1) is 6.04 Å². The van der Waals surface area contributed by atoms with Crippen LogP contribution in [0.2, 0.25) is 0 Å². The van der Waals surface area contributed by atoms with Crippen molar-refractivity contribution in [2.45, 2.75) is 50.3 Å². The summed E-state index contributed by atoms with van der Waals surface area (Å²) in [5.41, 5.74) is -5.77. The Labute approximate surface area is 215 Å². The van der Waals surface area contributed by atoms with E-state index in [0.29, 0.717) is 6.07 Å². The summed E-state index contributed by atoms with van der Waals surface area (Å²) < 4.78 is 104. The van der Waals surface area contributed by atoms with Crippen LogP contribution >= 0.6 is 0 Å². The minimum Gasteiger partial charge on any atom is -0.336 e. The molecule has 0 aromatic heterocycles. The second-order valence-electron chi connectivity index (χ2n) is 9.06. The predicted molar refractivity (Wildman–Crippen MR) is 127 cm³/mol. The van der Waals surface area contributed by atoms with E-state index < -0.39 is 62.8 Å². The van der Waals surface area contributed by atoms with Crippen molar-refractivity contribution in [2.75, 3.05) is 13.6 Å². The number of rotatable bonds is 7. The number of alkyl halides is 3. The molecule has 2 N–H and O–H groups in total. The van der Waals surface area contributed by atoms with E-state index >= 15 is 4.39 Å². The molecule has 0 aliphatic carbocycles. The second kappa shape index (κ2) is 10.9. The first-order valence-corrected chi connectivity index (χ1v) is 13.0. The van der Waals surface area contributed by atoms with Gasteiger partial charge in [0.25, 0.3) is 0 Å². The molecule has 1 heterocycles. The second-order valence-corrected chi connectivity index (χ2v) is 10.9. The molecular formula is C24H26F6N4O3S. The number of carbonyl (C=O) groups excluding carboxylic acids is 2. The molecule has 4 atom stereocenters. The molecule has 0 bridgehead atoms. The van der Waals surface area contributed by atoms with Gasteiger partial charge in [-0.05, 0) is 43.0 Å². The number of nitrogens with one attached hydrogen (secondary N) is 2. The van der Waals surface area contributed by atoms with Crippen LogP contribution in [0.1, 0.15) is 25.8 Å². The summed E-state index contributed by atoms with van der Waals surface area (Å²) in [4.78, 5) is 27.3. The predicted octanol–water partition coefficient (Wildman–Crippen LogP) is 4.22. The van der Waals surface area contributed by atoms with Crippen molar-refractivity contribution >= 4 is 21.7 Å². The zero-order chi connectivity index (χ0) is 28.6. The van der Waals surface area contributed by atoms with Crippen molar-refractivity contribution in [1.82, 2.24) is 14.5 Å². The van der Waals surface area contributed by atoms with E-state index in [2.05, 4.69) is 0 Å². The first kappa shape index (κ1) is 29.4. The highest BCUT2D eigenvalue weighted by Gasteiger charge is 2.47. The van der Waals surface area contributed by atoms with E-state index in [1.165, 1.54) is 44.0 Å². The van der Waals surface area contributed by atoms with Crippen LogP contribution in [0.3, 0.4) is 0 Å². The number of carbonyl (C=O) groups is 2. The molecule has 0 spiro atoms. The average molecular weight is 565 g/mol. The van der Waals surface area contributed by atoms with Gasteiger partial charge in [-0.3, -0.25) is 9.59 Å². The minimum atomic E-state index is -5.40. The number of benzene rings is 2. The van der Waals surface area contributed by atoms with E-state index in [-0.39, 0.29) is 36.1 Å². The highest BCUT2D eigenvalue weighted by molar-refractivity contribution is 7.91. The van der Waals surface area contributed by atoms with Gasteiger partial charge in [-0.1, -0.05) is 18.2 Å². The molecule has 1 aliphatic heterocycles. The van der Waals surface area contributed by atoms with Crippen molar-refractivity contribution in [3.05, 3.63) is 59.4 Å². The van der Waals surface area contributed by atoms with E-state index in [1.54, 1.807) is 4.72 Å². The molecule has 208 valence electrons. The Kier molecular flexibility index (Phi) is 8.46. The van der Waals surface area contributed by atoms with Crippen molar-refractivity contribution in [1.29, 1.82) is 4.78 Å². The van der Waals surface area contributed by atoms with E-state index in [9.17, 15) is 35.8 Å². The maximum Gasteiger partial charge on any atom is 0.492 e. The Hall–Kier alpha value is -3.13. The first-order chi connectivity index (χ1) is 17.5. The Bertz CT molecular complexity index is 1310. The largest absolute Gasteiger partial charge is 0.492 e. The lowest BCUT2D eigenvalue weighted by Crippen LogP contribution is -2.54. The van der Waals surface area contributed by atoms with Gasteiger partial charge < -0.3 is 9.80 Å². The molecule has 2 aromatic rings. The third-order valence-electron chi connectivity index (χ3n) is 6.59. The van der Waals surface area contributed by atoms with E-state index in [4.69, 9.17) is 4.78 Å². The van der Waals surface area contributed by atoms with Crippen molar-refractivity contribution in [2.24, 2.45) is 0 Å². The Morgan fingerprint density at radius 2 is 1.79 bits per heavy atom. The van der Waals surface area contributed by atoms with Crippen LogP contribution in [-0.4, -0.2) is 63.0 Å². The lowest BCUT2D eigenvalue weighted by Gasteiger charge is -2.33. The standard InChI is InChI=1S/C24H26F6N4O3S/c1-13(33(3)14(2)35)23(36)34-8-7-20(32-38(31,37)24(28,29)30)21(34)11-15-5-4-6-19(22(15)27)16-9-17(25)12-18(26)10-16/h4-6,9-10,12-13,20-21H,7-8,11H2,1-3H3,(H2,31,32,37)/t13-,20+,21+,38?/m1/s1. The van der Waals surface area contributed by atoms with Gasteiger partial charge in [-0.2, -0.15) is 13.2 Å². The van der Waals surface area contributed by atoms with Gasteiger partial charge >= 0.3 is 5.51 Å². The number of halogens is 6. The fourth-order valence-corrected chi connectivity index (χ4v) is 5.21. The number of amides is 2. The van der Waals surface area contributed by atoms with Crippen molar-refractivity contribution < 1.29 is 40.1 Å². The summed E-state index contributed by atoms with van der Waals surface area (Å²) in [6.07, 6.45) is -0.500. The summed E-state index contributed by atoms with van der Waals surface area (Å²) in [6.45, 7) is 2.54. The van der Waals surface area contributed by atoms with Crippen molar-refractivity contribution in [3.8, 4) is 11.1 Å². The third kappa shape index (κ3) is 6.12. The molecule has 0 radical (unpaired) electrons. The summed E-state index contributed by atoms with van der Waals surface area (Å²) >= 11 is 0. The smallest absolute Gasteiger partial charge is 0.336 e. The number of hydrogen-bond donors (Lipinski definition) is 2. The Balaban J connectivity index is 2.02. The summed E-state index contributed by atoms with van der Waals surface area (Å²) in [5, 5.41) is 0. The van der Waals surface area contributed by atoms with Crippen LogP contribution in [0.4, 0.5) is 26.3 Å². The SMILES string of the molecule is CC(=O)N(C)[C@H](C)C(=O)N1CC[C@H](NS(=N)(=O)C(F)(F)F)[C@@H]1Cc1cccc(-c2cc(F)cc(F)c2)c1F. The van der Waals surface area contributed by atoms with Crippen LogP contribution < -0.4 is 4.72 Å². The molecule has 1 saturated heterocycles. The van der Waals surface area contributed by atoms with Gasteiger partial charge in [0.1, 0.15) is 23.5 Å². The van der Waals surface area contributed by atoms with Crippen LogP contribution in [-0.2, 0) is 25.9 Å². The van der Waals surface area contributed by atoms with E-state index in [0.717, 1.165) is 17.0 Å². The topological polar surface area (TPSA) is 93.6 Å². The van der Waals surface area contributed by atoms with E-state index in [1.807, 2.05) is 0 Å². The molecular weight excluding hydrogens is 538 g/mol. The summed E-state index contributed by atoms with van der Waals surface area (Å²) in [5.74, 6) is -3.87. The number of hydrogen-bond acceptors (Lipinski definition) is 4. The third-order valence-corrected chi connectivity index (χ3v) is 7.88. The first-order valence-electron chi connectivity index (χ1n) is 11.4. The maximum atomic E-state index is 15.6. The molecule has 38 heavy (non-hydrogen) atoms. The molecule has 3 rings (SSSR count). The molecule has 14 heteroatoms. The molecule has 0 saturated carbocycles. The summed E-state index contributed by atoms with van der Waals surface area (Å²) in [7, 11) is -3.94. The van der Waals surface area contributed by atoms with Crippen molar-refractivity contribution in [3.63, 3.8) is 0 Å². The van der Waals surface area contributed by atoms with Crippen LogP contribution in [0.25, 0.3) is 11.1 Å². The maximum absolute atomic E-state index is 15.6. The number of likely N-dealkylation sites (N-methyl/N-ethyl adjacent to an activating group) is 1. The van der Waals surface area contributed by atoms with Gasteiger partial charge in [-0.25, -0.2) is 26.9 Å². The van der Waals surface area contributed by atoms with Crippen LogP contribution in [0, 0.1) is 22.2 Å². The Morgan fingerprint density at radius 1 is 1.18 bits per heavy atom.